The van der Waals surface area contributed by atoms with E-state index in [0.717, 1.165) is 11.1 Å². The summed E-state index contributed by atoms with van der Waals surface area (Å²) in [6.07, 6.45) is 0. The molecule has 0 unspecified atom stereocenters. The van der Waals surface area contributed by atoms with Gasteiger partial charge in [0, 0.05) is 18.3 Å². The van der Waals surface area contributed by atoms with Crippen LogP contribution in [0.5, 0.6) is 5.75 Å². The number of nitrogens with one attached hydrogen (secondary N) is 1. The lowest BCUT2D eigenvalue weighted by molar-refractivity contribution is -0.120. The highest BCUT2D eigenvalue weighted by Gasteiger charge is 2.16. The molecule has 148 valence electrons. The van der Waals surface area contributed by atoms with Gasteiger partial charge in [-0.05, 0) is 54.4 Å². The van der Waals surface area contributed by atoms with Gasteiger partial charge in [0.25, 0.3) is 0 Å². The van der Waals surface area contributed by atoms with Crippen molar-refractivity contribution in [1.29, 1.82) is 0 Å². The van der Waals surface area contributed by atoms with Gasteiger partial charge in [0.05, 0.1) is 0 Å². The largest absolute Gasteiger partial charge is 0.489 e. The molecule has 3 rings (SSSR count). The van der Waals surface area contributed by atoms with E-state index in [1.54, 1.807) is 24.3 Å². The van der Waals surface area contributed by atoms with Crippen molar-refractivity contribution in [2.24, 2.45) is 0 Å². The number of carbonyl (C=O) groups is 2. The standard InChI is InChI=1S/C24H24N2O3/c1-18-7-6-10-21(15-18)25-24(28)16-26(19(2)27)22-11-13-23(14-12-22)29-17-20-8-4-3-5-9-20/h3-15H,16-17H2,1-2H3,(H,25,28). The Hall–Kier alpha value is -3.60. The summed E-state index contributed by atoms with van der Waals surface area (Å²) < 4.78 is 5.78. The van der Waals surface area contributed by atoms with E-state index < -0.39 is 0 Å². The molecule has 0 bridgehead atoms. The van der Waals surface area contributed by atoms with Gasteiger partial charge < -0.3 is 15.0 Å². The molecule has 0 aliphatic heterocycles. The SMILES string of the molecule is CC(=O)N(CC(=O)Nc1cccc(C)c1)c1ccc(OCc2ccccc2)cc1. The number of carbonyl (C=O) groups excluding carboxylic acids is 2. The quantitative estimate of drug-likeness (QED) is 0.645. The summed E-state index contributed by atoms with van der Waals surface area (Å²) in [5.41, 5.74) is 3.49. The average Bonchev–Trinajstić information content (AvgIpc) is 2.71. The second-order valence-electron chi connectivity index (χ2n) is 6.79. The molecule has 0 aliphatic rings. The van der Waals surface area contributed by atoms with E-state index in [1.165, 1.54) is 11.8 Å². The number of rotatable bonds is 7. The fraction of sp³-hybridized carbons (Fsp3) is 0.167. The van der Waals surface area contributed by atoms with E-state index in [2.05, 4.69) is 5.32 Å². The van der Waals surface area contributed by atoms with Crippen LogP contribution in [0.25, 0.3) is 0 Å². The van der Waals surface area contributed by atoms with Gasteiger partial charge in [-0.2, -0.15) is 0 Å². The second kappa shape index (κ2) is 9.55. The lowest BCUT2D eigenvalue weighted by Crippen LogP contribution is -2.36. The molecule has 0 fully saturated rings. The van der Waals surface area contributed by atoms with Crippen molar-refractivity contribution in [3.05, 3.63) is 90.0 Å². The summed E-state index contributed by atoms with van der Waals surface area (Å²) in [4.78, 5) is 25.9. The number of ether oxygens (including phenoxy) is 1. The van der Waals surface area contributed by atoms with Crippen molar-refractivity contribution in [2.75, 3.05) is 16.8 Å². The van der Waals surface area contributed by atoms with Crippen LogP contribution >= 0.6 is 0 Å². The Morgan fingerprint density at radius 1 is 0.931 bits per heavy atom. The van der Waals surface area contributed by atoms with Crippen molar-refractivity contribution < 1.29 is 14.3 Å². The van der Waals surface area contributed by atoms with Crippen molar-refractivity contribution in [3.63, 3.8) is 0 Å². The Bertz CT molecular complexity index is 969. The van der Waals surface area contributed by atoms with E-state index >= 15 is 0 Å². The Balaban J connectivity index is 1.62. The fourth-order valence-corrected chi connectivity index (χ4v) is 2.91. The lowest BCUT2D eigenvalue weighted by Gasteiger charge is -2.21. The van der Waals surface area contributed by atoms with E-state index in [1.807, 2.05) is 61.5 Å². The average molecular weight is 388 g/mol. The van der Waals surface area contributed by atoms with E-state index in [-0.39, 0.29) is 18.4 Å². The molecule has 5 heteroatoms. The molecule has 0 heterocycles. The molecule has 3 aromatic rings. The molecule has 5 nitrogen and oxygen atoms in total. The van der Waals surface area contributed by atoms with Gasteiger partial charge in [0.15, 0.2) is 0 Å². The number of anilines is 2. The molecule has 0 atom stereocenters. The van der Waals surface area contributed by atoms with Crippen LogP contribution in [0.1, 0.15) is 18.1 Å². The zero-order valence-corrected chi connectivity index (χ0v) is 16.6. The summed E-state index contributed by atoms with van der Waals surface area (Å²) in [6, 6.07) is 24.6. The molecule has 3 aromatic carbocycles. The van der Waals surface area contributed by atoms with Crippen LogP contribution in [0, 0.1) is 6.92 Å². The van der Waals surface area contributed by atoms with Crippen LogP contribution in [0.2, 0.25) is 0 Å². The summed E-state index contributed by atoms with van der Waals surface area (Å²) in [7, 11) is 0. The van der Waals surface area contributed by atoms with Crippen LogP contribution < -0.4 is 15.0 Å². The van der Waals surface area contributed by atoms with Crippen LogP contribution in [-0.2, 0) is 16.2 Å². The number of benzene rings is 3. The molecular formula is C24H24N2O3. The van der Waals surface area contributed by atoms with Crippen molar-refractivity contribution in [2.45, 2.75) is 20.5 Å². The molecule has 29 heavy (non-hydrogen) atoms. The Labute approximate surface area is 170 Å². The van der Waals surface area contributed by atoms with Crippen molar-refractivity contribution in [3.8, 4) is 5.75 Å². The summed E-state index contributed by atoms with van der Waals surface area (Å²) in [6.45, 7) is 3.81. The van der Waals surface area contributed by atoms with Crippen molar-refractivity contribution >= 4 is 23.2 Å². The minimum atomic E-state index is -0.254. The van der Waals surface area contributed by atoms with Gasteiger partial charge >= 0.3 is 0 Å². The summed E-state index contributed by atoms with van der Waals surface area (Å²) >= 11 is 0. The zero-order valence-electron chi connectivity index (χ0n) is 16.6. The van der Waals surface area contributed by atoms with Gasteiger partial charge in [-0.3, -0.25) is 9.59 Å². The first-order valence-corrected chi connectivity index (χ1v) is 9.43. The zero-order chi connectivity index (χ0) is 20.6. The molecule has 0 saturated carbocycles. The molecule has 0 radical (unpaired) electrons. The Morgan fingerprint density at radius 2 is 1.66 bits per heavy atom. The van der Waals surface area contributed by atoms with E-state index in [0.29, 0.717) is 23.7 Å². The first-order chi connectivity index (χ1) is 14.0. The smallest absolute Gasteiger partial charge is 0.244 e. The van der Waals surface area contributed by atoms with Gasteiger partial charge in [-0.25, -0.2) is 0 Å². The third-order valence-electron chi connectivity index (χ3n) is 4.38. The highest BCUT2D eigenvalue weighted by atomic mass is 16.5. The first kappa shape index (κ1) is 20.1. The molecular weight excluding hydrogens is 364 g/mol. The van der Waals surface area contributed by atoms with Crippen LogP contribution in [0.15, 0.2) is 78.9 Å². The summed E-state index contributed by atoms with van der Waals surface area (Å²) in [5, 5.41) is 2.83. The normalized spacial score (nSPS) is 10.3. The molecule has 0 saturated heterocycles. The van der Waals surface area contributed by atoms with Crippen LogP contribution in [-0.4, -0.2) is 18.4 Å². The first-order valence-electron chi connectivity index (χ1n) is 9.43. The van der Waals surface area contributed by atoms with Gasteiger partial charge in [0.1, 0.15) is 18.9 Å². The fourth-order valence-electron chi connectivity index (χ4n) is 2.91. The van der Waals surface area contributed by atoms with E-state index in [4.69, 9.17) is 4.74 Å². The van der Waals surface area contributed by atoms with Gasteiger partial charge in [-0.15, -0.1) is 0 Å². The highest BCUT2D eigenvalue weighted by molar-refractivity contribution is 6.01. The molecule has 0 aliphatic carbocycles. The highest BCUT2D eigenvalue weighted by Crippen LogP contribution is 2.21. The third kappa shape index (κ3) is 5.94. The molecule has 0 aromatic heterocycles. The molecule has 0 spiro atoms. The number of aryl methyl sites for hydroxylation is 1. The minimum absolute atomic E-state index is 0.0620. The Kier molecular flexibility index (Phi) is 6.63. The summed E-state index contributed by atoms with van der Waals surface area (Å²) in [5.74, 6) is 0.239. The van der Waals surface area contributed by atoms with E-state index in [9.17, 15) is 9.59 Å². The Morgan fingerprint density at radius 3 is 2.31 bits per heavy atom. The van der Waals surface area contributed by atoms with Gasteiger partial charge in [-0.1, -0.05) is 42.5 Å². The van der Waals surface area contributed by atoms with Crippen molar-refractivity contribution in [1.82, 2.24) is 0 Å². The number of nitrogens with zero attached hydrogens (tertiary/aromatic N) is 1. The van der Waals surface area contributed by atoms with Crippen LogP contribution in [0.3, 0.4) is 0 Å². The molecule has 1 N–H and O–H groups in total. The van der Waals surface area contributed by atoms with Crippen LogP contribution in [0.4, 0.5) is 11.4 Å². The minimum Gasteiger partial charge on any atom is -0.489 e. The predicted octanol–water partition coefficient (Wildman–Crippen LogP) is 4.57. The number of amides is 2. The maximum absolute atomic E-state index is 12.4. The third-order valence-corrected chi connectivity index (χ3v) is 4.38. The number of hydrogen-bond acceptors (Lipinski definition) is 3. The maximum Gasteiger partial charge on any atom is 0.244 e. The second-order valence-corrected chi connectivity index (χ2v) is 6.79. The number of hydrogen-bond donors (Lipinski definition) is 1. The monoisotopic (exact) mass is 388 g/mol. The van der Waals surface area contributed by atoms with Gasteiger partial charge in [0.2, 0.25) is 11.8 Å². The maximum atomic E-state index is 12.4. The molecule has 2 amide bonds. The topological polar surface area (TPSA) is 58.6 Å². The lowest BCUT2D eigenvalue weighted by atomic mass is 10.2. The predicted molar refractivity (Wildman–Crippen MR) is 115 cm³/mol.